The minimum absolute atomic E-state index is 0.415. The van der Waals surface area contributed by atoms with E-state index in [4.69, 9.17) is 4.74 Å². The number of benzene rings is 2. The standard InChI is InChI=1S/C27H36O5/c1-15(2)11-21-20-6-4-5-19(20)18(12-17-9-7-16(3)8-10-17)13-22(21)27-26(31)25(30)24(29)23(14-28)32-27/h7-10,13,15,23-31H,4-6,11-12,14H2,1-3H3/t23-,24+,25+,26+,27+/m1/s1. The van der Waals surface area contributed by atoms with Gasteiger partial charge in [-0.1, -0.05) is 49.7 Å². The highest BCUT2D eigenvalue weighted by atomic mass is 16.5. The fraction of sp³-hybridized carbons (Fsp3) is 0.556. The molecule has 2 aromatic carbocycles. The number of aliphatic hydroxyl groups is 4. The zero-order chi connectivity index (χ0) is 23.0. The van der Waals surface area contributed by atoms with Gasteiger partial charge in [-0.3, -0.25) is 0 Å². The third kappa shape index (κ3) is 4.50. The fourth-order valence-electron chi connectivity index (χ4n) is 5.31. The highest BCUT2D eigenvalue weighted by molar-refractivity contribution is 5.51. The van der Waals surface area contributed by atoms with Crippen molar-refractivity contribution in [2.75, 3.05) is 6.61 Å². The molecule has 1 fully saturated rings. The second-order valence-corrected chi connectivity index (χ2v) is 9.92. The molecular weight excluding hydrogens is 404 g/mol. The zero-order valence-electron chi connectivity index (χ0n) is 19.3. The van der Waals surface area contributed by atoms with Gasteiger partial charge >= 0.3 is 0 Å². The summed E-state index contributed by atoms with van der Waals surface area (Å²) in [5.74, 6) is 0.422. The smallest absolute Gasteiger partial charge is 0.113 e. The molecule has 0 amide bonds. The molecule has 0 saturated carbocycles. The first-order chi connectivity index (χ1) is 15.3. The lowest BCUT2D eigenvalue weighted by atomic mass is 9.81. The van der Waals surface area contributed by atoms with E-state index in [1.807, 2.05) is 0 Å². The van der Waals surface area contributed by atoms with Crippen LogP contribution in [0.3, 0.4) is 0 Å². The average Bonchev–Trinajstić information content (AvgIpc) is 3.26. The molecule has 2 aromatic rings. The van der Waals surface area contributed by atoms with E-state index in [0.29, 0.717) is 5.92 Å². The predicted octanol–water partition coefficient (Wildman–Crippen LogP) is 2.79. The molecule has 174 valence electrons. The van der Waals surface area contributed by atoms with Gasteiger partial charge in [-0.05, 0) is 78.3 Å². The lowest BCUT2D eigenvalue weighted by Gasteiger charge is -2.41. The minimum Gasteiger partial charge on any atom is -0.394 e. The first-order valence-electron chi connectivity index (χ1n) is 11.8. The minimum atomic E-state index is -1.37. The number of hydrogen-bond acceptors (Lipinski definition) is 5. The average molecular weight is 441 g/mol. The topological polar surface area (TPSA) is 90.2 Å². The van der Waals surface area contributed by atoms with Crippen molar-refractivity contribution in [2.24, 2.45) is 5.92 Å². The first-order valence-corrected chi connectivity index (χ1v) is 11.8. The number of hydrogen-bond donors (Lipinski definition) is 4. The summed E-state index contributed by atoms with van der Waals surface area (Å²) in [6.45, 7) is 6.03. The summed E-state index contributed by atoms with van der Waals surface area (Å²) in [4.78, 5) is 0. The van der Waals surface area contributed by atoms with E-state index in [9.17, 15) is 20.4 Å². The van der Waals surface area contributed by atoms with Crippen molar-refractivity contribution in [1.29, 1.82) is 0 Å². The van der Waals surface area contributed by atoms with Crippen LogP contribution in [0, 0.1) is 12.8 Å². The molecule has 4 N–H and O–H groups in total. The van der Waals surface area contributed by atoms with Crippen LogP contribution in [0.5, 0.6) is 0 Å². The molecule has 1 aliphatic carbocycles. The molecule has 1 heterocycles. The normalized spacial score (nSPS) is 27.7. The van der Waals surface area contributed by atoms with Gasteiger partial charge in [-0.15, -0.1) is 0 Å². The summed E-state index contributed by atoms with van der Waals surface area (Å²) in [5, 5.41) is 41.3. The monoisotopic (exact) mass is 440 g/mol. The van der Waals surface area contributed by atoms with Gasteiger partial charge in [0.1, 0.15) is 30.5 Å². The van der Waals surface area contributed by atoms with Crippen LogP contribution in [0.4, 0.5) is 0 Å². The Morgan fingerprint density at radius 3 is 2.31 bits per heavy atom. The second kappa shape index (κ2) is 9.62. The number of rotatable bonds is 6. The van der Waals surface area contributed by atoms with Gasteiger partial charge in [-0.2, -0.15) is 0 Å². The summed E-state index contributed by atoms with van der Waals surface area (Å²) >= 11 is 0. The van der Waals surface area contributed by atoms with Gasteiger partial charge in [0.2, 0.25) is 0 Å². The lowest BCUT2D eigenvalue weighted by Crippen LogP contribution is -2.55. The Kier molecular flexibility index (Phi) is 7.03. The highest BCUT2D eigenvalue weighted by Gasteiger charge is 2.45. The summed E-state index contributed by atoms with van der Waals surface area (Å²) in [5.41, 5.74) is 8.56. The Labute approximate surface area is 190 Å². The van der Waals surface area contributed by atoms with Gasteiger partial charge in [-0.25, -0.2) is 0 Å². The predicted molar refractivity (Wildman–Crippen MR) is 124 cm³/mol. The van der Waals surface area contributed by atoms with Crippen LogP contribution < -0.4 is 0 Å². The highest BCUT2D eigenvalue weighted by Crippen LogP contribution is 2.41. The number of ether oxygens (including phenoxy) is 1. The molecule has 0 bridgehead atoms. The second-order valence-electron chi connectivity index (χ2n) is 9.92. The SMILES string of the molecule is Cc1ccc(Cc2cc([C@@H]3O[C@H](CO)[C@H](O)[C@H](O)[C@@H]3O)c(CC(C)C)c3c2CCC3)cc1. The Morgan fingerprint density at radius 1 is 0.969 bits per heavy atom. The zero-order valence-corrected chi connectivity index (χ0v) is 19.3. The van der Waals surface area contributed by atoms with Crippen LogP contribution in [0.1, 0.15) is 65.3 Å². The maximum absolute atomic E-state index is 10.9. The van der Waals surface area contributed by atoms with E-state index in [-0.39, 0.29) is 0 Å². The van der Waals surface area contributed by atoms with Crippen LogP contribution in [0.15, 0.2) is 30.3 Å². The van der Waals surface area contributed by atoms with E-state index in [2.05, 4.69) is 51.1 Å². The maximum Gasteiger partial charge on any atom is 0.113 e. The van der Waals surface area contributed by atoms with Gasteiger partial charge in [0, 0.05) is 0 Å². The van der Waals surface area contributed by atoms with Crippen LogP contribution in [0.25, 0.3) is 0 Å². The molecule has 0 spiro atoms. The molecule has 5 atom stereocenters. The van der Waals surface area contributed by atoms with E-state index in [0.717, 1.165) is 37.7 Å². The van der Waals surface area contributed by atoms with Crippen LogP contribution in [-0.4, -0.2) is 51.4 Å². The van der Waals surface area contributed by atoms with Crippen molar-refractivity contribution >= 4 is 0 Å². The van der Waals surface area contributed by atoms with Crippen molar-refractivity contribution < 1.29 is 25.2 Å². The lowest BCUT2D eigenvalue weighted by molar-refractivity contribution is -0.231. The number of fused-ring (bicyclic) bond motifs is 1. The van der Waals surface area contributed by atoms with E-state index in [1.54, 1.807) is 0 Å². The largest absolute Gasteiger partial charge is 0.394 e. The van der Waals surface area contributed by atoms with Crippen molar-refractivity contribution in [3.8, 4) is 0 Å². The summed E-state index contributed by atoms with van der Waals surface area (Å²) in [7, 11) is 0. The summed E-state index contributed by atoms with van der Waals surface area (Å²) in [6.07, 6.45) is -0.842. The number of aryl methyl sites for hydroxylation is 1. The molecule has 0 aromatic heterocycles. The Balaban J connectivity index is 1.81. The molecule has 32 heavy (non-hydrogen) atoms. The Morgan fingerprint density at radius 2 is 1.66 bits per heavy atom. The van der Waals surface area contributed by atoms with Crippen molar-refractivity contribution in [3.05, 3.63) is 69.3 Å². The van der Waals surface area contributed by atoms with Crippen LogP contribution in [0.2, 0.25) is 0 Å². The molecule has 4 rings (SSSR count). The third-order valence-corrected chi connectivity index (χ3v) is 6.97. The molecular formula is C27H36O5. The summed E-state index contributed by atoms with van der Waals surface area (Å²) in [6, 6.07) is 10.7. The van der Waals surface area contributed by atoms with Gasteiger partial charge in [0.05, 0.1) is 6.61 Å². The maximum atomic E-state index is 10.9. The molecule has 0 unspecified atom stereocenters. The van der Waals surface area contributed by atoms with Gasteiger partial charge in [0.25, 0.3) is 0 Å². The molecule has 2 aliphatic rings. The van der Waals surface area contributed by atoms with Gasteiger partial charge in [0.15, 0.2) is 0 Å². The quantitative estimate of drug-likeness (QED) is 0.555. The molecule has 5 heteroatoms. The number of aliphatic hydroxyl groups excluding tert-OH is 4. The van der Waals surface area contributed by atoms with Crippen LogP contribution >= 0.6 is 0 Å². The Hall–Kier alpha value is -1.76. The molecule has 5 nitrogen and oxygen atoms in total. The van der Waals surface area contributed by atoms with Crippen molar-refractivity contribution in [1.82, 2.24) is 0 Å². The van der Waals surface area contributed by atoms with Crippen molar-refractivity contribution in [2.45, 2.75) is 83.4 Å². The van der Waals surface area contributed by atoms with E-state index in [1.165, 1.54) is 33.4 Å². The summed E-state index contributed by atoms with van der Waals surface area (Å²) < 4.78 is 6.01. The van der Waals surface area contributed by atoms with Crippen LogP contribution in [-0.2, 0) is 30.4 Å². The fourth-order valence-corrected chi connectivity index (χ4v) is 5.31. The Bertz CT molecular complexity index is 934. The molecule has 1 saturated heterocycles. The molecule has 0 radical (unpaired) electrons. The van der Waals surface area contributed by atoms with Gasteiger partial charge < -0.3 is 25.2 Å². The van der Waals surface area contributed by atoms with Crippen molar-refractivity contribution in [3.63, 3.8) is 0 Å². The molecule has 1 aliphatic heterocycles. The van der Waals surface area contributed by atoms with E-state index < -0.39 is 37.1 Å². The first kappa shape index (κ1) is 23.4. The third-order valence-electron chi connectivity index (χ3n) is 6.97. The van der Waals surface area contributed by atoms with E-state index >= 15 is 0 Å².